The minimum Gasteiger partial charge on any atom is -0.493 e. The molecule has 0 saturated carbocycles. The molecule has 0 unspecified atom stereocenters. The van der Waals surface area contributed by atoms with E-state index in [1.165, 1.54) is 27.5 Å². The van der Waals surface area contributed by atoms with Gasteiger partial charge in [-0.05, 0) is 30.3 Å². The predicted octanol–water partition coefficient (Wildman–Crippen LogP) is 3.37. The van der Waals surface area contributed by atoms with Crippen LogP contribution in [0.3, 0.4) is 0 Å². The van der Waals surface area contributed by atoms with Crippen LogP contribution in [-0.2, 0) is 0 Å². The summed E-state index contributed by atoms with van der Waals surface area (Å²) in [5, 5.41) is 2.69. The molecule has 0 aliphatic carbocycles. The van der Waals surface area contributed by atoms with Gasteiger partial charge in [0.1, 0.15) is 11.0 Å². The first-order valence-corrected chi connectivity index (χ1v) is 8.25. The van der Waals surface area contributed by atoms with Crippen LogP contribution in [-0.4, -0.2) is 42.3 Å². The lowest BCUT2D eigenvalue weighted by Crippen LogP contribution is -2.06. The standard InChI is InChI=1S/C17H16N4O4S/c1-23-14-6-10(7-15(24-2)16(14)25-3)9-18-17(22)19-11-4-5-12-13(8-11)21-26-20-12/h4-9H,1-3H3,(H,19,22)/b18-9+. The molecule has 134 valence electrons. The van der Waals surface area contributed by atoms with Gasteiger partial charge in [0, 0.05) is 17.5 Å². The van der Waals surface area contributed by atoms with Gasteiger partial charge in [-0.3, -0.25) is 0 Å². The van der Waals surface area contributed by atoms with Crippen LogP contribution in [0.5, 0.6) is 17.2 Å². The first-order chi connectivity index (χ1) is 12.6. The average Bonchev–Trinajstić information content (AvgIpc) is 3.13. The van der Waals surface area contributed by atoms with E-state index in [1.54, 1.807) is 30.3 Å². The van der Waals surface area contributed by atoms with Crippen LogP contribution >= 0.6 is 11.7 Å². The van der Waals surface area contributed by atoms with Gasteiger partial charge < -0.3 is 19.5 Å². The van der Waals surface area contributed by atoms with E-state index in [1.807, 2.05) is 0 Å². The molecule has 2 aromatic carbocycles. The topological polar surface area (TPSA) is 94.9 Å². The number of nitrogens with one attached hydrogen (secondary N) is 1. The van der Waals surface area contributed by atoms with Crippen molar-refractivity contribution in [2.75, 3.05) is 26.6 Å². The molecule has 1 heterocycles. The Kier molecular flexibility index (Phi) is 5.28. The fourth-order valence-electron chi connectivity index (χ4n) is 2.32. The number of nitrogens with zero attached hydrogens (tertiary/aromatic N) is 3. The highest BCUT2D eigenvalue weighted by Crippen LogP contribution is 2.37. The molecule has 8 nitrogen and oxygen atoms in total. The average molecular weight is 372 g/mol. The molecule has 0 fully saturated rings. The number of aliphatic imine (C=N–C) groups is 1. The number of carbonyl (C=O) groups excluding carboxylic acids is 1. The van der Waals surface area contributed by atoms with Crippen molar-refractivity contribution >= 4 is 40.7 Å². The van der Waals surface area contributed by atoms with Crippen molar-refractivity contribution in [1.82, 2.24) is 8.75 Å². The van der Waals surface area contributed by atoms with E-state index in [0.29, 0.717) is 28.5 Å². The number of aromatic nitrogens is 2. The Morgan fingerprint density at radius 3 is 2.38 bits per heavy atom. The van der Waals surface area contributed by atoms with Gasteiger partial charge in [-0.25, -0.2) is 9.79 Å². The number of benzene rings is 2. The van der Waals surface area contributed by atoms with E-state index >= 15 is 0 Å². The zero-order chi connectivity index (χ0) is 18.5. The SMILES string of the molecule is COc1cc(/C=N/C(=O)Nc2ccc3nsnc3c2)cc(OC)c1OC. The van der Waals surface area contributed by atoms with Gasteiger partial charge in [-0.2, -0.15) is 8.75 Å². The maximum atomic E-state index is 12.1. The minimum absolute atomic E-state index is 0.474. The van der Waals surface area contributed by atoms with Crippen molar-refractivity contribution in [1.29, 1.82) is 0 Å². The smallest absolute Gasteiger partial charge is 0.345 e. The molecule has 2 amide bonds. The Labute approximate surface area is 153 Å². The van der Waals surface area contributed by atoms with Gasteiger partial charge in [0.15, 0.2) is 11.5 Å². The largest absolute Gasteiger partial charge is 0.493 e. The number of ether oxygens (including phenoxy) is 3. The number of anilines is 1. The number of urea groups is 1. The number of fused-ring (bicyclic) bond motifs is 1. The van der Waals surface area contributed by atoms with Crippen molar-refractivity contribution in [3.8, 4) is 17.2 Å². The molecule has 3 aromatic rings. The molecule has 9 heteroatoms. The Balaban J connectivity index is 1.77. The summed E-state index contributed by atoms with van der Waals surface area (Å²) in [6.45, 7) is 0. The summed E-state index contributed by atoms with van der Waals surface area (Å²) in [4.78, 5) is 16.0. The minimum atomic E-state index is -0.513. The monoisotopic (exact) mass is 372 g/mol. The van der Waals surface area contributed by atoms with Crippen molar-refractivity contribution in [2.24, 2.45) is 4.99 Å². The summed E-state index contributed by atoms with van der Waals surface area (Å²) in [7, 11) is 4.57. The Morgan fingerprint density at radius 2 is 1.73 bits per heavy atom. The Hall–Kier alpha value is -3.20. The quantitative estimate of drug-likeness (QED) is 0.690. The third-order valence-corrected chi connectivity index (χ3v) is 4.08. The number of methoxy groups -OCH3 is 3. The highest BCUT2D eigenvalue weighted by molar-refractivity contribution is 7.00. The first-order valence-electron chi connectivity index (χ1n) is 7.52. The number of amides is 2. The first kappa shape index (κ1) is 17.6. The van der Waals surface area contributed by atoms with E-state index in [9.17, 15) is 4.79 Å². The van der Waals surface area contributed by atoms with Gasteiger partial charge in [0.25, 0.3) is 0 Å². The molecule has 0 spiro atoms. The highest BCUT2D eigenvalue weighted by Gasteiger charge is 2.12. The third kappa shape index (κ3) is 3.72. The second-order valence-electron chi connectivity index (χ2n) is 5.11. The van der Waals surface area contributed by atoms with E-state index in [4.69, 9.17) is 14.2 Å². The lowest BCUT2D eigenvalue weighted by molar-refractivity contribution is 0.259. The Bertz CT molecular complexity index is 945. The fraction of sp³-hybridized carbons (Fsp3) is 0.176. The van der Waals surface area contributed by atoms with Crippen LogP contribution in [0.1, 0.15) is 5.56 Å². The van der Waals surface area contributed by atoms with Crippen LogP contribution < -0.4 is 19.5 Å². The fourth-order valence-corrected chi connectivity index (χ4v) is 2.84. The maximum absolute atomic E-state index is 12.1. The molecule has 1 aromatic heterocycles. The number of hydrogen-bond donors (Lipinski definition) is 1. The zero-order valence-corrected chi connectivity index (χ0v) is 15.2. The van der Waals surface area contributed by atoms with Crippen LogP contribution in [0, 0.1) is 0 Å². The van der Waals surface area contributed by atoms with Crippen molar-refractivity contribution in [3.05, 3.63) is 35.9 Å². The van der Waals surface area contributed by atoms with Gasteiger partial charge in [-0.1, -0.05) is 0 Å². The van der Waals surface area contributed by atoms with E-state index < -0.39 is 6.03 Å². The second-order valence-corrected chi connectivity index (χ2v) is 5.64. The van der Waals surface area contributed by atoms with E-state index in [2.05, 4.69) is 19.1 Å². The van der Waals surface area contributed by atoms with E-state index in [-0.39, 0.29) is 0 Å². The van der Waals surface area contributed by atoms with Crippen molar-refractivity contribution < 1.29 is 19.0 Å². The number of hydrogen-bond acceptors (Lipinski definition) is 7. The summed E-state index contributed by atoms with van der Waals surface area (Å²) in [5.74, 6) is 1.44. The molecule has 26 heavy (non-hydrogen) atoms. The Morgan fingerprint density at radius 1 is 1.04 bits per heavy atom. The molecule has 0 aliphatic heterocycles. The summed E-state index contributed by atoms with van der Waals surface area (Å²) < 4.78 is 24.1. The molecule has 0 atom stereocenters. The number of carbonyl (C=O) groups is 1. The molecular weight excluding hydrogens is 356 g/mol. The van der Waals surface area contributed by atoms with Crippen LogP contribution in [0.25, 0.3) is 11.0 Å². The van der Waals surface area contributed by atoms with E-state index in [0.717, 1.165) is 22.8 Å². The summed E-state index contributed by atoms with van der Waals surface area (Å²) in [6, 6.07) is 8.16. The summed E-state index contributed by atoms with van der Waals surface area (Å²) in [6.07, 6.45) is 1.42. The van der Waals surface area contributed by atoms with Gasteiger partial charge in [0.05, 0.1) is 33.1 Å². The molecule has 0 bridgehead atoms. The molecule has 1 N–H and O–H groups in total. The van der Waals surface area contributed by atoms with Crippen molar-refractivity contribution in [3.63, 3.8) is 0 Å². The summed E-state index contributed by atoms with van der Waals surface area (Å²) in [5.41, 5.74) is 2.74. The molecule has 0 aliphatic rings. The molecule has 0 saturated heterocycles. The van der Waals surface area contributed by atoms with Crippen LogP contribution in [0.2, 0.25) is 0 Å². The maximum Gasteiger partial charge on any atom is 0.345 e. The lowest BCUT2D eigenvalue weighted by atomic mass is 10.2. The summed E-state index contributed by atoms with van der Waals surface area (Å²) >= 11 is 1.12. The van der Waals surface area contributed by atoms with Crippen LogP contribution in [0.15, 0.2) is 35.3 Å². The van der Waals surface area contributed by atoms with Crippen LogP contribution in [0.4, 0.5) is 10.5 Å². The van der Waals surface area contributed by atoms with Gasteiger partial charge >= 0.3 is 6.03 Å². The second kappa shape index (κ2) is 7.79. The highest BCUT2D eigenvalue weighted by atomic mass is 32.1. The third-order valence-electron chi connectivity index (χ3n) is 3.52. The lowest BCUT2D eigenvalue weighted by Gasteiger charge is -2.12. The zero-order valence-electron chi connectivity index (χ0n) is 14.3. The molecular formula is C17H16N4O4S. The molecule has 0 radical (unpaired) electrons. The van der Waals surface area contributed by atoms with Gasteiger partial charge in [0.2, 0.25) is 5.75 Å². The predicted molar refractivity (Wildman–Crippen MR) is 100 cm³/mol. The molecule has 3 rings (SSSR count). The van der Waals surface area contributed by atoms with Gasteiger partial charge in [-0.15, -0.1) is 0 Å². The van der Waals surface area contributed by atoms with Crippen molar-refractivity contribution in [2.45, 2.75) is 0 Å². The number of rotatable bonds is 5. The normalized spacial score (nSPS) is 10.9.